The Morgan fingerprint density at radius 3 is 2.44 bits per heavy atom. The monoisotopic (exact) mass is 131 g/mol. The normalized spacial score (nSPS) is 17.3. The molecule has 3 N–H and O–H groups in total. The van der Waals surface area contributed by atoms with E-state index >= 15 is 0 Å². The summed E-state index contributed by atoms with van der Waals surface area (Å²) in [6.45, 7) is 4.40. The van der Waals surface area contributed by atoms with E-state index in [0.29, 0.717) is 5.92 Å². The highest BCUT2D eigenvalue weighted by atomic mass is 16.3. The molecule has 2 nitrogen and oxygen atoms in total. The molecule has 2 atom stereocenters. The first-order valence-electron chi connectivity index (χ1n) is 3.57. The predicted molar refractivity (Wildman–Crippen MR) is 39.1 cm³/mol. The Labute approximate surface area is 57.1 Å². The van der Waals surface area contributed by atoms with Gasteiger partial charge in [-0.15, -0.1) is 0 Å². The SMILES string of the molecule is CC[C@H](C)C[C@@H](N)CO. The summed E-state index contributed by atoms with van der Waals surface area (Å²) >= 11 is 0. The van der Waals surface area contributed by atoms with Gasteiger partial charge in [0.25, 0.3) is 0 Å². The Bertz CT molecular complexity index is 57.9. The maximum absolute atomic E-state index is 8.55. The summed E-state index contributed by atoms with van der Waals surface area (Å²) < 4.78 is 0. The van der Waals surface area contributed by atoms with E-state index in [1.165, 1.54) is 0 Å². The number of rotatable bonds is 4. The molecule has 0 aromatic rings. The van der Waals surface area contributed by atoms with Crippen molar-refractivity contribution < 1.29 is 5.11 Å². The van der Waals surface area contributed by atoms with Gasteiger partial charge in [0, 0.05) is 6.04 Å². The first kappa shape index (κ1) is 8.92. The molecule has 9 heavy (non-hydrogen) atoms. The summed E-state index contributed by atoms with van der Waals surface area (Å²) in [7, 11) is 0. The van der Waals surface area contributed by atoms with E-state index in [1.54, 1.807) is 0 Å². The van der Waals surface area contributed by atoms with E-state index in [4.69, 9.17) is 10.8 Å². The summed E-state index contributed by atoms with van der Waals surface area (Å²) in [5, 5.41) is 8.55. The van der Waals surface area contributed by atoms with Crippen LogP contribution < -0.4 is 5.73 Å². The molecule has 2 heteroatoms. The lowest BCUT2D eigenvalue weighted by molar-refractivity contribution is 0.246. The summed E-state index contributed by atoms with van der Waals surface area (Å²) in [5.41, 5.74) is 5.50. The molecule has 0 aromatic carbocycles. The van der Waals surface area contributed by atoms with Gasteiger partial charge in [-0.05, 0) is 12.3 Å². The molecule has 0 radical (unpaired) electrons. The van der Waals surface area contributed by atoms with E-state index in [2.05, 4.69) is 13.8 Å². The Morgan fingerprint density at radius 2 is 2.11 bits per heavy atom. The molecule has 0 aliphatic heterocycles. The third kappa shape index (κ3) is 4.43. The zero-order chi connectivity index (χ0) is 7.28. The van der Waals surface area contributed by atoms with Crippen LogP contribution >= 0.6 is 0 Å². The lowest BCUT2D eigenvalue weighted by atomic mass is 10.0. The minimum atomic E-state index is -0.0139. The van der Waals surface area contributed by atoms with Gasteiger partial charge in [-0.3, -0.25) is 0 Å². The quantitative estimate of drug-likeness (QED) is 0.591. The second kappa shape index (κ2) is 4.77. The highest BCUT2D eigenvalue weighted by Gasteiger charge is 2.04. The maximum Gasteiger partial charge on any atom is 0.0582 e. The lowest BCUT2D eigenvalue weighted by Crippen LogP contribution is -2.26. The Morgan fingerprint density at radius 1 is 1.56 bits per heavy atom. The van der Waals surface area contributed by atoms with Crippen LogP contribution in [0.2, 0.25) is 0 Å². The Kier molecular flexibility index (Phi) is 4.72. The fourth-order valence-electron chi connectivity index (χ4n) is 0.758. The van der Waals surface area contributed by atoms with Gasteiger partial charge in [0.2, 0.25) is 0 Å². The second-order valence-electron chi connectivity index (χ2n) is 2.69. The molecule has 0 rings (SSSR count). The molecule has 0 aliphatic rings. The van der Waals surface area contributed by atoms with Crippen molar-refractivity contribution in [3.8, 4) is 0 Å². The van der Waals surface area contributed by atoms with Crippen molar-refractivity contribution in [2.75, 3.05) is 6.61 Å². The van der Waals surface area contributed by atoms with Crippen LogP contribution in [0.25, 0.3) is 0 Å². The molecular weight excluding hydrogens is 114 g/mol. The van der Waals surface area contributed by atoms with Gasteiger partial charge in [-0.25, -0.2) is 0 Å². The molecule has 0 unspecified atom stereocenters. The van der Waals surface area contributed by atoms with Crippen molar-refractivity contribution in [3.63, 3.8) is 0 Å². The van der Waals surface area contributed by atoms with Gasteiger partial charge >= 0.3 is 0 Å². The summed E-state index contributed by atoms with van der Waals surface area (Å²) in [6.07, 6.45) is 2.08. The smallest absolute Gasteiger partial charge is 0.0582 e. The van der Waals surface area contributed by atoms with Crippen molar-refractivity contribution in [1.29, 1.82) is 0 Å². The highest BCUT2D eigenvalue weighted by molar-refractivity contribution is 4.62. The number of aliphatic hydroxyl groups is 1. The van der Waals surface area contributed by atoms with Crippen LogP contribution in [0.5, 0.6) is 0 Å². The fourth-order valence-corrected chi connectivity index (χ4v) is 0.758. The maximum atomic E-state index is 8.55. The number of aliphatic hydroxyl groups excluding tert-OH is 1. The lowest BCUT2D eigenvalue weighted by Gasteiger charge is -2.12. The molecule has 0 fully saturated rings. The van der Waals surface area contributed by atoms with Crippen LogP contribution in [0.15, 0.2) is 0 Å². The third-order valence-electron chi connectivity index (χ3n) is 1.64. The van der Waals surface area contributed by atoms with Crippen LogP contribution in [-0.2, 0) is 0 Å². The Hall–Kier alpha value is -0.0800. The molecule has 0 heterocycles. The fraction of sp³-hybridized carbons (Fsp3) is 1.00. The van der Waals surface area contributed by atoms with Crippen molar-refractivity contribution >= 4 is 0 Å². The van der Waals surface area contributed by atoms with Crippen LogP contribution in [0.4, 0.5) is 0 Å². The van der Waals surface area contributed by atoms with E-state index < -0.39 is 0 Å². The molecule has 0 saturated carbocycles. The summed E-state index contributed by atoms with van der Waals surface area (Å²) in [4.78, 5) is 0. The van der Waals surface area contributed by atoms with Gasteiger partial charge in [-0.2, -0.15) is 0 Å². The zero-order valence-corrected chi connectivity index (χ0v) is 6.30. The largest absolute Gasteiger partial charge is 0.395 e. The second-order valence-corrected chi connectivity index (χ2v) is 2.69. The molecule has 0 spiro atoms. The molecular formula is C7H17NO. The molecule has 0 amide bonds. The molecule has 56 valence electrons. The number of hydrogen-bond donors (Lipinski definition) is 2. The first-order chi connectivity index (χ1) is 4.20. The minimum Gasteiger partial charge on any atom is -0.395 e. The van der Waals surface area contributed by atoms with Crippen molar-refractivity contribution in [2.24, 2.45) is 11.7 Å². The van der Waals surface area contributed by atoms with Crippen molar-refractivity contribution in [2.45, 2.75) is 32.7 Å². The van der Waals surface area contributed by atoms with E-state index in [9.17, 15) is 0 Å². The zero-order valence-electron chi connectivity index (χ0n) is 6.30. The predicted octanol–water partition coefficient (Wildman–Crippen LogP) is 0.742. The minimum absolute atomic E-state index is 0.0139. The van der Waals surface area contributed by atoms with E-state index in [-0.39, 0.29) is 12.6 Å². The van der Waals surface area contributed by atoms with Gasteiger partial charge in [0.05, 0.1) is 6.61 Å². The average molecular weight is 131 g/mol. The standard InChI is InChI=1S/C7H17NO/c1-3-6(2)4-7(8)5-9/h6-7,9H,3-5,8H2,1-2H3/t6-,7+/m0/s1. The van der Waals surface area contributed by atoms with Crippen LogP contribution in [0.3, 0.4) is 0 Å². The van der Waals surface area contributed by atoms with Crippen molar-refractivity contribution in [1.82, 2.24) is 0 Å². The summed E-state index contributed by atoms with van der Waals surface area (Å²) in [6, 6.07) is -0.0139. The topological polar surface area (TPSA) is 46.2 Å². The first-order valence-corrected chi connectivity index (χ1v) is 3.57. The third-order valence-corrected chi connectivity index (χ3v) is 1.64. The molecule has 0 aliphatic carbocycles. The van der Waals surface area contributed by atoms with E-state index in [0.717, 1.165) is 12.8 Å². The van der Waals surface area contributed by atoms with Gasteiger partial charge in [-0.1, -0.05) is 20.3 Å². The van der Waals surface area contributed by atoms with Gasteiger partial charge in [0.15, 0.2) is 0 Å². The van der Waals surface area contributed by atoms with Gasteiger partial charge < -0.3 is 10.8 Å². The van der Waals surface area contributed by atoms with Crippen LogP contribution in [0, 0.1) is 5.92 Å². The molecule has 0 aromatic heterocycles. The van der Waals surface area contributed by atoms with Gasteiger partial charge in [0.1, 0.15) is 0 Å². The van der Waals surface area contributed by atoms with Crippen LogP contribution in [0.1, 0.15) is 26.7 Å². The average Bonchev–Trinajstić information content (AvgIpc) is 1.87. The Balaban J connectivity index is 3.22. The molecule has 0 saturated heterocycles. The van der Waals surface area contributed by atoms with Crippen molar-refractivity contribution in [3.05, 3.63) is 0 Å². The number of hydrogen-bond acceptors (Lipinski definition) is 2. The van der Waals surface area contributed by atoms with Crippen LogP contribution in [-0.4, -0.2) is 17.8 Å². The molecule has 0 bridgehead atoms. The number of nitrogens with two attached hydrogens (primary N) is 1. The summed E-state index contributed by atoms with van der Waals surface area (Å²) in [5.74, 6) is 0.646. The van der Waals surface area contributed by atoms with E-state index in [1.807, 2.05) is 0 Å². The highest BCUT2D eigenvalue weighted by Crippen LogP contribution is 2.07.